The smallest absolute Gasteiger partial charge is 0.242 e. The minimum atomic E-state index is -1.68. The first-order valence-corrected chi connectivity index (χ1v) is 18.1. The molecule has 0 bridgehead atoms. The lowest BCUT2D eigenvalue weighted by atomic mass is 10.2. The van der Waals surface area contributed by atoms with Crippen LogP contribution in [0.1, 0.15) is 5.56 Å². The van der Waals surface area contributed by atoms with Crippen LogP contribution in [0.2, 0.25) is 58.9 Å². The first-order chi connectivity index (χ1) is 9.75. The van der Waals surface area contributed by atoms with Gasteiger partial charge in [-0.05, 0) is 76.6 Å². The predicted octanol–water partition coefficient (Wildman–Crippen LogP) is 5.47. The van der Waals surface area contributed by atoms with E-state index in [9.17, 15) is 0 Å². The molecule has 0 heterocycles. The van der Waals surface area contributed by atoms with Crippen molar-refractivity contribution in [1.29, 1.82) is 0 Å². The van der Waals surface area contributed by atoms with E-state index in [2.05, 4.69) is 71.1 Å². The van der Waals surface area contributed by atoms with Crippen LogP contribution in [0, 0.1) is 0 Å². The molecule has 1 aromatic rings. The van der Waals surface area contributed by atoms with Crippen molar-refractivity contribution in [3.05, 3.63) is 23.8 Å². The lowest BCUT2D eigenvalue weighted by molar-refractivity contribution is 0.299. The summed E-state index contributed by atoms with van der Waals surface area (Å²) < 4.78 is 18.4. The van der Waals surface area contributed by atoms with Crippen LogP contribution in [-0.4, -0.2) is 25.0 Å². The first-order valence-electron chi connectivity index (χ1n) is 7.90. The summed E-state index contributed by atoms with van der Waals surface area (Å²) in [7, 11) is -4.86. The van der Waals surface area contributed by atoms with Crippen molar-refractivity contribution >= 4 is 25.0 Å². The van der Waals surface area contributed by atoms with Crippen molar-refractivity contribution in [2.24, 2.45) is 0 Å². The number of rotatable bonds is 7. The van der Waals surface area contributed by atoms with Gasteiger partial charge in [0.15, 0.2) is 8.32 Å². The molecule has 0 fully saturated rings. The Balaban J connectivity index is 3.03. The minimum Gasteiger partial charge on any atom is -0.542 e. The highest BCUT2D eigenvalue weighted by Crippen LogP contribution is 2.33. The average Bonchev–Trinajstić information content (AvgIpc) is 2.24. The molecule has 0 aliphatic carbocycles. The standard InChI is InChI=1S/C16H32O3Si3/c1-20(2,3)17-13-14-10-11-15(18-21(4,5)6)16(12-14)19-22(7,8)9/h10-12H,13H2,1-9H3. The minimum absolute atomic E-state index is 0.644. The van der Waals surface area contributed by atoms with Crippen LogP contribution in [0.15, 0.2) is 18.2 Å². The Kier molecular flexibility index (Phi) is 6.11. The third-order valence-corrected chi connectivity index (χ3v) is 5.19. The zero-order valence-corrected chi connectivity index (χ0v) is 18.7. The van der Waals surface area contributed by atoms with E-state index in [1.165, 1.54) is 0 Å². The van der Waals surface area contributed by atoms with Crippen molar-refractivity contribution in [2.45, 2.75) is 65.5 Å². The fourth-order valence-corrected chi connectivity index (χ4v) is 4.01. The van der Waals surface area contributed by atoms with Crippen molar-refractivity contribution in [3.63, 3.8) is 0 Å². The van der Waals surface area contributed by atoms with Crippen LogP contribution in [-0.2, 0) is 11.0 Å². The van der Waals surface area contributed by atoms with Crippen LogP contribution < -0.4 is 8.85 Å². The molecule has 0 radical (unpaired) electrons. The lowest BCUT2D eigenvalue weighted by Crippen LogP contribution is -2.32. The molecule has 126 valence electrons. The Morgan fingerprint density at radius 2 is 1.18 bits per heavy atom. The maximum Gasteiger partial charge on any atom is 0.242 e. The van der Waals surface area contributed by atoms with Gasteiger partial charge in [0.05, 0.1) is 6.61 Å². The summed E-state index contributed by atoms with van der Waals surface area (Å²) in [6, 6.07) is 6.22. The quantitative estimate of drug-likeness (QED) is 0.607. The SMILES string of the molecule is C[Si](C)(C)OCc1ccc(O[Si](C)(C)C)c(O[Si](C)(C)C)c1. The molecule has 0 aromatic heterocycles. The van der Waals surface area contributed by atoms with Crippen LogP contribution in [0.3, 0.4) is 0 Å². The van der Waals surface area contributed by atoms with Gasteiger partial charge < -0.3 is 13.3 Å². The van der Waals surface area contributed by atoms with Crippen LogP contribution >= 0.6 is 0 Å². The fourth-order valence-electron chi connectivity index (χ4n) is 1.77. The van der Waals surface area contributed by atoms with Gasteiger partial charge in [0, 0.05) is 0 Å². The highest BCUT2D eigenvalue weighted by molar-refractivity contribution is 6.71. The maximum absolute atomic E-state index is 6.24. The molecular formula is C16H32O3Si3. The molecule has 22 heavy (non-hydrogen) atoms. The Morgan fingerprint density at radius 3 is 1.64 bits per heavy atom. The summed E-state index contributed by atoms with van der Waals surface area (Å²) in [5.74, 6) is 1.75. The molecule has 0 saturated heterocycles. The Labute approximate surface area is 139 Å². The molecule has 6 heteroatoms. The van der Waals surface area contributed by atoms with Crippen LogP contribution in [0.4, 0.5) is 0 Å². The van der Waals surface area contributed by atoms with E-state index in [0.29, 0.717) is 6.61 Å². The van der Waals surface area contributed by atoms with E-state index in [1.807, 2.05) is 6.07 Å². The molecule has 0 spiro atoms. The van der Waals surface area contributed by atoms with Crippen molar-refractivity contribution in [1.82, 2.24) is 0 Å². The summed E-state index contributed by atoms with van der Waals surface area (Å²) in [4.78, 5) is 0. The molecule has 0 N–H and O–H groups in total. The van der Waals surface area contributed by atoms with E-state index >= 15 is 0 Å². The molecular weight excluding hydrogens is 324 g/mol. The van der Waals surface area contributed by atoms with Crippen molar-refractivity contribution in [2.75, 3.05) is 0 Å². The Morgan fingerprint density at radius 1 is 0.682 bits per heavy atom. The summed E-state index contributed by atoms with van der Waals surface area (Å²) in [6.07, 6.45) is 0. The normalized spacial score (nSPS) is 13.1. The average molecular weight is 357 g/mol. The fraction of sp³-hybridized carbons (Fsp3) is 0.625. The van der Waals surface area contributed by atoms with Crippen LogP contribution in [0.5, 0.6) is 11.5 Å². The van der Waals surface area contributed by atoms with E-state index in [0.717, 1.165) is 17.1 Å². The topological polar surface area (TPSA) is 27.7 Å². The second-order valence-electron chi connectivity index (χ2n) is 8.61. The second kappa shape index (κ2) is 6.90. The predicted molar refractivity (Wildman–Crippen MR) is 103 cm³/mol. The van der Waals surface area contributed by atoms with Crippen LogP contribution in [0.25, 0.3) is 0 Å². The molecule has 0 aliphatic rings. The largest absolute Gasteiger partial charge is 0.542 e. The van der Waals surface area contributed by atoms with Gasteiger partial charge in [0.2, 0.25) is 16.6 Å². The summed E-state index contributed by atoms with van der Waals surface area (Å²) >= 11 is 0. The highest BCUT2D eigenvalue weighted by atomic mass is 28.4. The van der Waals surface area contributed by atoms with Crippen molar-refractivity contribution < 1.29 is 13.3 Å². The molecule has 1 rings (SSSR count). The third-order valence-electron chi connectivity index (χ3n) is 2.51. The number of benzene rings is 1. The molecule has 1 aromatic carbocycles. The van der Waals surface area contributed by atoms with E-state index in [-0.39, 0.29) is 0 Å². The zero-order chi connectivity index (χ0) is 17.2. The third kappa shape index (κ3) is 8.17. The number of hydrogen-bond acceptors (Lipinski definition) is 3. The van der Waals surface area contributed by atoms with Gasteiger partial charge in [-0.1, -0.05) is 6.07 Å². The summed E-state index contributed by atoms with van der Waals surface area (Å²) in [5.41, 5.74) is 1.15. The summed E-state index contributed by atoms with van der Waals surface area (Å²) in [5, 5.41) is 0. The van der Waals surface area contributed by atoms with E-state index in [4.69, 9.17) is 13.3 Å². The molecule has 0 amide bonds. The van der Waals surface area contributed by atoms with Gasteiger partial charge in [-0.3, -0.25) is 0 Å². The van der Waals surface area contributed by atoms with Gasteiger partial charge >= 0.3 is 0 Å². The first kappa shape index (κ1) is 19.5. The van der Waals surface area contributed by atoms with E-state index < -0.39 is 25.0 Å². The number of hydrogen-bond donors (Lipinski definition) is 0. The Bertz CT molecular complexity index is 497. The maximum atomic E-state index is 6.24. The highest BCUT2D eigenvalue weighted by Gasteiger charge is 2.23. The zero-order valence-electron chi connectivity index (χ0n) is 15.7. The molecule has 0 aliphatic heterocycles. The van der Waals surface area contributed by atoms with Gasteiger partial charge in [0.25, 0.3) is 0 Å². The molecule has 0 unspecified atom stereocenters. The summed E-state index contributed by atoms with van der Waals surface area (Å²) in [6.45, 7) is 20.4. The Hall–Kier alpha value is -0.569. The lowest BCUT2D eigenvalue weighted by Gasteiger charge is -2.26. The van der Waals surface area contributed by atoms with Gasteiger partial charge in [0.1, 0.15) is 11.5 Å². The monoisotopic (exact) mass is 356 g/mol. The van der Waals surface area contributed by atoms with Crippen molar-refractivity contribution in [3.8, 4) is 11.5 Å². The second-order valence-corrected chi connectivity index (χ2v) is 22.0. The molecule has 0 saturated carbocycles. The van der Waals surface area contributed by atoms with E-state index in [1.54, 1.807) is 0 Å². The molecule has 3 nitrogen and oxygen atoms in total. The van der Waals surface area contributed by atoms with Gasteiger partial charge in [-0.25, -0.2) is 0 Å². The molecule has 0 atom stereocenters. The van der Waals surface area contributed by atoms with Gasteiger partial charge in [-0.15, -0.1) is 0 Å². The van der Waals surface area contributed by atoms with Gasteiger partial charge in [-0.2, -0.15) is 0 Å².